The zero-order valence-corrected chi connectivity index (χ0v) is 11.3. The molecule has 0 amide bonds. The van der Waals surface area contributed by atoms with Crippen molar-refractivity contribution in [3.63, 3.8) is 0 Å². The van der Waals surface area contributed by atoms with Gasteiger partial charge in [-0.25, -0.2) is 0 Å². The summed E-state index contributed by atoms with van der Waals surface area (Å²) >= 11 is 0. The minimum Gasteiger partial charge on any atom is -0.395 e. The molecule has 0 heterocycles. The van der Waals surface area contributed by atoms with Gasteiger partial charge in [0, 0.05) is 13.8 Å². The van der Waals surface area contributed by atoms with Crippen molar-refractivity contribution in [1.29, 1.82) is 0 Å². The van der Waals surface area contributed by atoms with Crippen LogP contribution in [-0.2, 0) is 28.9 Å². The van der Waals surface area contributed by atoms with E-state index in [2.05, 4.69) is 20.0 Å². The van der Waals surface area contributed by atoms with Crippen LogP contribution in [0.2, 0.25) is 0 Å². The van der Waals surface area contributed by atoms with Crippen LogP contribution in [0.15, 0.2) is 10.3 Å². The normalized spacial score (nSPS) is 10.7. The highest BCUT2D eigenvalue weighted by molar-refractivity contribution is 6.36. The summed E-state index contributed by atoms with van der Waals surface area (Å²) in [6, 6.07) is 0. The lowest BCUT2D eigenvalue weighted by Gasteiger charge is -1.96. The average molecular weight is 284 g/mol. The lowest BCUT2D eigenvalue weighted by atomic mass is 10.2. The number of oxime groups is 2. The van der Waals surface area contributed by atoms with Gasteiger partial charge in [0.2, 0.25) is 11.6 Å². The van der Waals surface area contributed by atoms with Crippen molar-refractivity contribution in [2.75, 3.05) is 13.2 Å². The highest BCUT2D eigenvalue weighted by Gasteiger charge is 2.07. The summed E-state index contributed by atoms with van der Waals surface area (Å²) in [5.74, 6) is -2.08. The molecule has 0 saturated heterocycles. The van der Waals surface area contributed by atoms with Crippen molar-refractivity contribution in [2.45, 2.75) is 26.7 Å². The van der Waals surface area contributed by atoms with E-state index in [1.54, 1.807) is 0 Å². The summed E-state index contributed by atoms with van der Waals surface area (Å²) in [4.78, 5) is 52.3. The Bertz CT molecular complexity index is 388. The molecule has 8 heteroatoms. The molecule has 8 nitrogen and oxygen atoms in total. The van der Waals surface area contributed by atoms with E-state index in [0.29, 0.717) is 0 Å². The van der Waals surface area contributed by atoms with Gasteiger partial charge < -0.3 is 9.68 Å². The predicted octanol–water partition coefficient (Wildman–Crippen LogP) is 0.0876. The second-order valence-electron chi connectivity index (χ2n) is 3.63. The molecule has 0 aliphatic rings. The Kier molecular flexibility index (Phi) is 9.28. The van der Waals surface area contributed by atoms with Gasteiger partial charge >= 0.3 is 0 Å². The molecule has 0 spiro atoms. The van der Waals surface area contributed by atoms with Gasteiger partial charge in [0.25, 0.3) is 0 Å². The topological polar surface area (TPSA) is 111 Å². The molecule has 20 heavy (non-hydrogen) atoms. The molecule has 110 valence electrons. The van der Waals surface area contributed by atoms with Gasteiger partial charge in [-0.05, 0) is 0 Å². The second-order valence-corrected chi connectivity index (χ2v) is 3.63. The van der Waals surface area contributed by atoms with Gasteiger partial charge in [-0.2, -0.15) is 0 Å². The Morgan fingerprint density at radius 3 is 1.45 bits per heavy atom. The smallest absolute Gasteiger partial charge is 0.201 e. The number of rotatable bonds is 11. The van der Waals surface area contributed by atoms with E-state index in [4.69, 9.17) is 0 Å². The maximum atomic E-state index is 10.9. The maximum Gasteiger partial charge on any atom is 0.201 e. The first kappa shape index (κ1) is 17.6. The molecule has 0 N–H and O–H groups in total. The minimum atomic E-state index is -0.521. The van der Waals surface area contributed by atoms with Crippen molar-refractivity contribution in [3.8, 4) is 0 Å². The highest BCUT2D eigenvalue weighted by Crippen LogP contribution is 1.88. The first-order valence-corrected chi connectivity index (χ1v) is 5.82. The lowest BCUT2D eigenvalue weighted by molar-refractivity contribution is -0.136. The zero-order chi connectivity index (χ0) is 15.4. The fourth-order valence-corrected chi connectivity index (χ4v) is 0.875. The quantitative estimate of drug-likeness (QED) is 0.230. The number of carbonyl (C=O) groups excluding carboxylic acids is 4. The molecule has 0 aromatic rings. The molecule has 0 bridgehead atoms. The second kappa shape index (κ2) is 10.5. The van der Waals surface area contributed by atoms with E-state index in [1.807, 2.05) is 0 Å². The number of hydrogen-bond acceptors (Lipinski definition) is 8. The molecule has 0 saturated carbocycles. The van der Waals surface area contributed by atoms with E-state index in [1.165, 1.54) is 26.3 Å². The van der Waals surface area contributed by atoms with E-state index in [9.17, 15) is 19.2 Å². The fourth-order valence-electron chi connectivity index (χ4n) is 0.875. The molecule has 0 aromatic heterocycles. The number of nitrogens with zero attached hydrogens (tertiary/aromatic N) is 2. The SMILES string of the molecule is CC(=O)C(=O)CCO/N=C/C=N/OCCC(=O)C(C)=O. The summed E-state index contributed by atoms with van der Waals surface area (Å²) in [5, 5.41) is 6.85. The average Bonchev–Trinajstić information content (AvgIpc) is 2.39. The van der Waals surface area contributed by atoms with Crippen LogP contribution in [-0.4, -0.2) is 48.8 Å². The first-order chi connectivity index (χ1) is 9.45. The van der Waals surface area contributed by atoms with Gasteiger partial charge in [-0.1, -0.05) is 10.3 Å². The molecule has 0 fully saturated rings. The van der Waals surface area contributed by atoms with Crippen LogP contribution < -0.4 is 0 Å². The van der Waals surface area contributed by atoms with E-state index in [-0.39, 0.29) is 26.1 Å². The van der Waals surface area contributed by atoms with Crippen LogP contribution in [0.3, 0.4) is 0 Å². The van der Waals surface area contributed by atoms with Gasteiger partial charge in [0.05, 0.1) is 25.3 Å². The molecule has 0 aliphatic carbocycles. The Hall–Kier alpha value is -2.38. The van der Waals surface area contributed by atoms with Crippen LogP contribution in [0.5, 0.6) is 0 Å². The molecule has 0 aromatic carbocycles. The van der Waals surface area contributed by atoms with Gasteiger partial charge in [0.15, 0.2) is 11.6 Å². The van der Waals surface area contributed by atoms with Crippen molar-refractivity contribution in [3.05, 3.63) is 0 Å². The van der Waals surface area contributed by atoms with Crippen molar-refractivity contribution >= 4 is 35.6 Å². The Balaban J connectivity index is 3.58. The van der Waals surface area contributed by atoms with Crippen molar-refractivity contribution in [1.82, 2.24) is 0 Å². The third kappa shape index (κ3) is 9.63. The van der Waals surface area contributed by atoms with Crippen LogP contribution in [0.4, 0.5) is 0 Å². The number of ketones is 4. The van der Waals surface area contributed by atoms with Crippen molar-refractivity contribution < 1.29 is 28.9 Å². The lowest BCUT2D eigenvalue weighted by Crippen LogP contribution is -2.11. The monoisotopic (exact) mass is 284 g/mol. The number of Topliss-reactive ketones (excluding diaryl/α,β-unsaturated/α-hetero) is 4. The summed E-state index contributed by atoms with van der Waals surface area (Å²) in [6.07, 6.45) is 2.27. The molecule has 0 unspecified atom stereocenters. The first-order valence-electron chi connectivity index (χ1n) is 5.82. The summed E-state index contributed by atoms with van der Waals surface area (Å²) in [6.45, 7) is 2.37. The van der Waals surface area contributed by atoms with Gasteiger partial charge in [-0.3, -0.25) is 19.2 Å². The number of carbonyl (C=O) groups is 4. The minimum absolute atomic E-state index is 0.00325. The van der Waals surface area contributed by atoms with Crippen LogP contribution in [0.25, 0.3) is 0 Å². The van der Waals surface area contributed by atoms with Gasteiger partial charge in [-0.15, -0.1) is 0 Å². The van der Waals surface area contributed by atoms with Crippen LogP contribution in [0.1, 0.15) is 26.7 Å². The Labute approximate surface area is 115 Å². The summed E-state index contributed by atoms with van der Waals surface area (Å²) in [7, 11) is 0. The molecular weight excluding hydrogens is 268 g/mol. The maximum absolute atomic E-state index is 10.9. The molecule has 0 radical (unpaired) electrons. The van der Waals surface area contributed by atoms with Gasteiger partial charge in [0.1, 0.15) is 13.2 Å². The summed E-state index contributed by atoms with van der Waals surface area (Å²) < 4.78 is 0. The molecule has 0 aliphatic heterocycles. The third-order valence-electron chi connectivity index (χ3n) is 1.96. The van der Waals surface area contributed by atoms with E-state index < -0.39 is 23.1 Å². The molecule has 0 rings (SSSR count). The van der Waals surface area contributed by atoms with E-state index in [0.717, 1.165) is 0 Å². The molecular formula is C12H16N2O6. The fraction of sp³-hybridized carbons (Fsp3) is 0.500. The van der Waals surface area contributed by atoms with Crippen LogP contribution in [0, 0.1) is 0 Å². The molecule has 0 atom stereocenters. The summed E-state index contributed by atoms with van der Waals surface area (Å²) in [5.41, 5.74) is 0. The van der Waals surface area contributed by atoms with Crippen LogP contribution >= 0.6 is 0 Å². The number of hydrogen-bond donors (Lipinski definition) is 0. The predicted molar refractivity (Wildman–Crippen MR) is 69.5 cm³/mol. The third-order valence-corrected chi connectivity index (χ3v) is 1.96. The Morgan fingerprint density at radius 2 is 1.15 bits per heavy atom. The standard InChI is InChI=1S/C12H16N2O6/c1-9(15)11(17)3-7-19-13-5-6-14-20-8-4-12(18)10(2)16/h5-6H,3-4,7-8H2,1-2H3/b13-5+,14-6+. The Morgan fingerprint density at radius 1 is 0.800 bits per heavy atom. The largest absolute Gasteiger partial charge is 0.395 e. The highest BCUT2D eigenvalue weighted by atomic mass is 16.6. The zero-order valence-electron chi connectivity index (χ0n) is 11.3. The van der Waals surface area contributed by atoms with E-state index >= 15 is 0 Å². The van der Waals surface area contributed by atoms with Crippen molar-refractivity contribution in [2.24, 2.45) is 10.3 Å².